The Hall–Kier alpha value is -3.77. The predicted octanol–water partition coefficient (Wildman–Crippen LogP) is 4.68. The highest BCUT2D eigenvalue weighted by molar-refractivity contribution is 7.22. The number of aromatic nitrogens is 6. The highest BCUT2D eigenvalue weighted by Crippen LogP contribution is 2.34. The van der Waals surface area contributed by atoms with Gasteiger partial charge in [0.05, 0.1) is 35.3 Å². The van der Waals surface area contributed by atoms with Crippen molar-refractivity contribution in [3.8, 4) is 16.3 Å². The molecule has 0 N–H and O–H groups in total. The highest BCUT2D eigenvalue weighted by Gasteiger charge is 2.32. The molecule has 12 heteroatoms. The summed E-state index contributed by atoms with van der Waals surface area (Å²) in [6.45, 7) is 3.04. The number of nitrogens with zero attached hydrogens (tertiary/aromatic N) is 6. The van der Waals surface area contributed by atoms with E-state index >= 15 is 0 Å². The molecule has 5 aromatic rings. The molecule has 6 rings (SSSR count). The summed E-state index contributed by atoms with van der Waals surface area (Å²) in [5.74, 6) is 0.237. The lowest BCUT2D eigenvalue weighted by molar-refractivity contribution is -0.141. The zero-order chi connectivity index (χ0) is 25.0. The average Bonchev–Trinajstić information content (AvgIpc) is 3.54. The molecule has 0 radical (unpaired) electrons. The first-order valence-corrected chi connectivity index (χ1v) is 11.9. The van der Waals surface area contributed by atoms with E-state index in [9.17, 15) is 18.0 Å². The fourth-order valence-electron chi connectivity index (χ4n) is 4.16. The van der Waals surface area contributed by atoms with Gasteiger partial charge in [-0.05, 0) is 37.6 Å². The molecular formula is C24H17F3N6O2S. The van der Waals surface area contributed by atoms with Gasteiger partial charge in [0.2, 0.25) is 5.43 Å². The fourth-order valence-corrected chi connectivity index (χ4v) is 5.22. The Balaban J connectivity index is 1.52. The van der Waals surface area contributed by atoms with Gasteiger partial charge in [0.15, 0.2) is 16.9 Å². The number of hydrogen-bond donors (Lipinski definition) is 0. The van der Waals surface area contributed by atoms with Gasteiger partial charge in [0.25, 0.3) is 0 Å². The van der Waals surface area contributed by atoms with Gasteiger partial charge in [-0.1, -0.05) is 0 Å². The first-order chi connectivity index (χ1) is 17.3. The molecule has 1 aliphatic rings. The van der Waals surface area contributed by atoms with Crippen molar-refractivity contribution in [1.82, 2.24) is 29.7 Å². The number of alkyl halides is 3. The molecule has 0 spiro atoms. The number of pyridine rings is 2. The summed E-state index contributed by atoms with van der Waals surface area (Å²) in [6, 6.07) is 5.94. The molecule has 0 amide bonds. The molecular weight excluding hydrogens is 493 g/mol. The van der Waals surface area contributed by atoms with Gasteiger partial charge >= 0.3 is 6.18 Å². The zero-order valence-corrected chi connectivity index (χ0v) is 19.6. The van der Waals surface area contributed by atoms with Crippen LogP contribution in [0.1, 0.15) is 29.4 Å². The van der Waals surface area contributed by atoms with Crippen molar-refractivity contribution in [3.05, 3.63) is 70.2 Å². The smallest absolute Gasteiger partial charge is 0.381 e. The zero-order valence-electron chi connectivity index (χ0n) is 18.8. The molecule has 1 atom stereocenters. The first kappa shape index (κ1) is 22.7. The first-order valence-electron chi connectivity index (χ1n) is 11.1. The largest absolute Gasteiger partial charge is 0.433 e. The monoisotopic (exact) mass is 510 g/mol. The van der Waals surface area contributed by atoms with Crippen LogP contribution in [0.15, 0.2) is 47.7 Å². The van der Waals surface area contributed by atoms with Gasteiger partial charge in [-0.25, -0.2) is 19.6 Å². The minimum Gasteiger partial charge on any atom is -0.381 e. The van der Waals surface area contributed by atoms with Crippen molar-refractivity contribution in [2.24, 2.45) is 0 Å². The van der Waals surface area contributed by atoms with Gasteiger partial charge < -0.3 is 4.74 Å². The van der Waals surface area contributed by atoms with Crippen molar-refractivity contribution >= 4 is 32.6 Å². The Bertz CT molecular complexity index is 1670. The van der Waals surface area contributed by atoms with E-state index < -0.39 is 17.3 Å². The van der Waals surface area contributed by atoms with Crippen LogP contribution in [0.2, 0.25) is 0 Å². The third-order valence-corrected chi connectivity index (χ3v) is 7.10. The lowest BCUT2D eigenvalue weighted by Gasteiger charge is -2.11. The lowest BCUT2D eigenvalue weighted by atomic mass is 10.0. The van der Waals surface area contributed by atoms with E-state index in [0.717, 1.165) is 34.5 Å². The number of halogens is 3. The molecule has 182 valence electrons. The SMILES string of the molecule is Cc1cnc2c(n1)c(=O)c(-c1cc3cnc([C@H]4CCOC4)cc3s1)nn2-c1ccc(C(F)(F)F)nc1. The summed E-state index contributed by atoms with van der Waals surface area (Å²) in [5.41, 5.74) is 0.558. The summed E-state index contributed by atoms with van der Waals surface area (Å²) >= 11 is 1.39. The van der Waals surface area contributed by atoms with Crippen LogP contribution in [0.3, 0.4) is 0 Å². The highest BCUT2D eigenvalue weighted by atomic mass is 32.1. The quantitative estimate of drug-likeness (QED) is 0.348. The second-order valence-corrected chi connectivity index (χ2v) is 9.57. The molecule has 1 fully saturated rings. The van der Waals surface area contributed by atoms with Gasteiger partial charge in [-0.2, -0.15) is 18.3 Å². The molecule has 36 heavy (non-hydrogen) atoms. The molecule has 6 heterocycles. The minimum atomic E-state index is -4.58. The minimum absolute atomic E-state index is 0.0688. The molecule has 5 aromatic heterocycles. The van der Waals surface area contributed by atoms with Gasteiger partial charge in [0, 0.05) is 34.5 Å². The standard InChI is InChI=1S/C24H17F3N6O2S/c1-12-8-30-23-21(31-12)22(34)20(32-33(23)15-2-3-19(29-10-15)24(25,26)27)18-6-14-9-28-16(7-17(14)36-18)13-4-5-35-11-13/h2-3,6-10,13H,4-5,11H2,1H3/t13-/m0/s1. The molecule has 0 aliphatic carbocycles. The van der Waals surface area contributed by atoms with E-state index in [2.05, 4.69) is 25.0 Å². The number of rotatable bonds is 3. The molecule has 8 nitrogen and oxygen atoms in total. The third kappa shape index (κ3) is 3.91. The normalized spacial score (nSPS) is 16.3. The molecule has 0 saturated carbocycles. The number of thiophene rings is 1. The predicted molar refractivity (Wildman–Crippen MR) is 127 cm³/mol. The van der Waals surface area contributed by atoms with Crippen molar-refractivity contribution in [2.75, 3.05) is 13.2 Å². The molecule has 1 aliphatic heterocycles. The van der Waals surface area contributed by atoms with E-state index in [-0.39, 0.29) is 28.5 Å². The second-order valence-electron chi connectivity index (χ2n) is 8.49. The maximum absolute atomic E-state index is 13.4. The Labute approximate surface area is 205 Å². The topological polar surface area (TPSA) is 95.7 Å². The number of hydrogen-bond acceptors (Lipinski definition) is 8. The summed E-state index contributed by atoms with van der Waals surface area (Å²) in [7, 11) is 0. The third-order valence-electron chi connectivity index (χ3n) is 5.99. The summed E-state index contributed by atoms with van der Waals surface area (Å²) in [5, 5.41) is 5.37. The van der Waals surface area contributed by atoms with Gasteiger partial charge in [-0.15, -0.1) is 11.3 Å². The van der Waals surface area contributed by atoms with Gasteiger partial charge in [0.1, 0.15) is 5.69 Å². The van der Waals surface area contributed by atoms with Crippen LogP contribution < -0.4 is 5.43 Å². The molecule has 0 unspecified atom stereocenters. The lowest BCUT2D eigenvalue weighted by Crippen LogP contribution is -2.18. The Kier molecular flexibility index (Phi) is 5.30. The van der Waals surface area contributed by atoms with Crippen molar-refractivity contribution < 1.29 is 17.9 Å². The van der Waals surface area contributed by atoms with E-state index in [4.69, 9.17) is 4.74 Å². The van der Waals surface area contributed by atoms with E-state index in [1.807, 2.05) is 12.1 Å². The Morgan fingerprint density at radius 3 is 2.69 bits per heavy atom. The summed E-state index contributed by atoms with van der Waals surface area (Å²) < 4.78 is 46.8. The number of aryl methyl sites for hydroxylation is 1. The fraction of sp³-hybridized carbons (Fsp3) is 0.250. The maximum Gasteiger partial charge on any atom is 0.433 e. The van der Waals surface area contributed by atoms with Crippen molar-refractivity contribution in [3.63, 3.8) is 0 Å². The molecule has 1 saturated heterocycles. The summed E-state index contributed by atoms with van der Waals surface area (Å²) in [6.07, 6.45) is 0.625. The van der Waals surface area contributed by atoms with Crippen LogP contribution in [0.25, 0.3) is 37.5 Å². The van der Waals surface area contributed by atoms with Crippen LogP contribution in [-0.2, 0) is 10.9 Å². The molecule has 0 aromatic carbocycles. The Morgan fingerprint density at radius 1 is 1.11 bits per heavy atom. The van der Waals surface area contributed by atoms with E-state index in [0.29, 0.717) is 23.8 Å². The van der Waals surface area contributed by atoms with E-state index in [1.54, 1.807) is 13.1 Å². The van der Waals surface area contributed by atoms with Crippen LogP contribution in [0, 0.1) is 6.92 Å². The summed E-state index contributed by atoms with van der Waals surface area (Å²) in [4.78, 5) is 30.8. The van der Waals surface area contributed by atoms with Crippen molar-refractivity contribution in [1.29, 1.82) is 0 Å². The maximum atomic E-state index is 13.4. The number of ether oxygens (including phenoxy) is 1. The number of fused-ring (bicyclic) bond motifs is 2. The molecule has 0 bridgehead atoms. The van der Waals surface area contributed by atoms with Crippen LogP contribution in [0.5, 0.6) is 0 Å². The van der Waals surface area contributed by atoms with E-state index in [1.165, 1.54) is 28.3 Å². The Morgan fingerprint density at radius 2 is 1.97 bits per heavy atom. The van der Waals surface area contributed by atoms with Crippen LogP contribution >= 0.6 is 11.3 Å². The average molecular weight is 511 g/mol. The van der Waals surface area contributed by atoms with Crippen molar-refractivity contribution in [2.45, 2.75) is 25.4 Å². The van der Waals surface area contributed by atoms with Crippen LogP contribution in [-0.4, -0.2) is 42.9 Å². The van der Waals surface area contributed by atoms with Crippen LogP contribution in [0.4, 0.5) is 13.2 Å². The van der Waals surface area contributed by atoms with Gasteiger partial charge in [-0.3, -0.25) is 9.78 Å². The second kappa shape index (κ2) is 8.42.